The lowest BCUT2D eigenvalue weighted by atomic mass is 10.2. The van der Waals surface area contributed by atoms with Crippen LogP contribution >= 0.6 is 0 Å². The van der Waals surface area contributed by atoms with Gasteiger partial charge in [-0.3, -0.25) is 9.69 Å². The second-order valence-electron chi connectivity index (χ2n) is 4.58. The summed E-state index contributed by atoms with van der Waals surface area (Å²) in [5.41, 5.74) is 0. The van der Waals surface area contributed by atoms with Gasteiger partial charge in [0, 0.05) is 19.1 Å². The van der Waals surface area contributed by atoms with Gasteiger partial charge in [-0.15, -0.1) is 0 Å². The van der Waals surface area contributed by atoms with E-state index in [0.717, 1.165) is 19.5 Å². The molecule has 2 atom stereocenters. The van der Waals surface area contributed by atoms with E-state index in [1.165, 1.54) is 7.11 Å². The predicted molar refractivity (Wildman–Crippen MR) is 61.2 cm³/mol. The van der Waals surface area contributed by atoms with Crippen LogP contribution in [0.4, 0.5) is 0 Å². The molecule has 1 rings (SSSR count). The number of aliphatic hydroxyl groups is 1. The number of nitrogens with zero attached hydrogens (tertiary/aromatic N) is 2. The summed E-state index contributed by atoms with van der Waals surface area (Å²) in [5, 5.41) is 9.69. The van der Waals surface area contributed by atoms with Gasteiger partial charge in [-0.2, -0.15) is 0 Å². The number of hydrogen-bond donors (Lipinski definition) is 1. The average Bonchev–Trinajstić information content (AvgIpc) is 2.64. The fraction of sp³-hybridized carbons (Fsp3) is 0.909. The van der Waals surface area contributed by atoms with Gasteiger partial charge in [0.15, 0.2) is 0 Å². The number of likely N-dealkylation sites (tertiary alicyclic amines) is 1. The Labute approximate surface area is 97.0 Å². The first-order valence-corrected chi connectivity index (χ1v) is 5.66. The molecule has 1 aliphatic heterocycles. The molecule has 0 saturated carbocycles. The molecule has 1 aliphatic rings. The molecule has 0 aromatic heterocycles. The van der Waals surface area contributed by atoms with Crippen molar-refractivity contribution < 1.29 is 14.6 Å². The maximum absolute atomic E-state index is 11.0. The number of esters is 1. The van der Waals surface area contributed by atoms with E-state index in [1.807, 2.05) is 7.05 Å². The Morgan fingerprint density at radius 2 is 2.38 bits per heavy atom. The highest BCUT2D eigenvalue weighted by molar-refractivity contribution is 5.69. The number of carbonyl (C=O) groups excluding carboxylic acids is 1. The van der Waals surface area contributed by atoms with Crippen molar-refractivity contribution in [2.45, 2.75) is 25.0 Å². The van der Waals surface area contributed by atoms with E-state index in [1.54, 1.807) is 0 Å². The zero-order chi connectivity index (χ0) is 12.1. The Bertz CT molecular complexity index is 235. The van der Waals surface area contributed by atoms with E-state index < -0.39 is 6.10 Å². The SMILES string of the molecule is COC(=O)CC(O)CN(C)C1CCN(C)C1. The molecule has 1 N–H and O–H groups in total. The van der Waals surface area contributed by atoms with Crippen LogP contribution in [0.3, 0.4) is 0 Å². The summed E-state index contributed by atoms with van der Waals surface area (Å²) in [4.78, 5) is 15.4. The van der Waals surface area contributed by atoms with Crippen LogP contribution in [-0.4, -0.2) is 73.9 Å². The molecule has 0 amide bonds. The molecule has 1 saturated heterocycles. The summed E-state index contributed by atoms with van der Waals surface area (Å²) in [6.07, 6.45) is 0.560. The molecule has 0 spiro atoms. The van der Waals surface area contributed by atoms with Gasteiger partial charge >= 0.3 is 5.97 Å². The molecule has 5 heteroatoms. The van der Waals surface area contributed by atoms with Crippen molar-refractivity contribution in [3.8, 4) is 0 Å². The molecule has 1 heterocycles. The maximum atomic E-state index is 11.0. The lowest BCUT2D eigenvalue weighted by Crippen LogP contribution is -2.39. The first-order valence-electron chi connectivity index (χ1n) is 5.66. The summed E-state index contributed by atoms with van der Waals surface area (Å²) < 4.78 is 4.52. The molecule has 0 radical (unpaired) electrons. The molecule has 2 unspecified atom stereocenters. The Morgan fingerprint density at radius 1 is 1.69 bits per heavy atom. The quantitative estimate of drug-likeness (QED) is 0.648. The molecule has 0 aromatic carbocycles. The summed E-state index contributed by atoms with van der Waals surface area (Å²) >= 11 is 0. The van der Waals surface area contributed by atoms with E-state index in [2.05, 4.69) is 21.6 Å². The highest BCUT2D eigenvalue weighted by Crippen LogP contribution is 2.13. The largest absolute Gasteiger partial charge is 0.469 e. The van der Waals surface area contributed by atoms with Crippen molar-refractivity contribution in [2.24, 2.45) is 0 Å². The zero-order valence-electron chi connectivity index (χ0n) is 10.3. The van der Waals surface area contributed by atoms with Gasteiger partial charge in [-0.05, 0) is 27.1 Å². The van der Waals surface area contributed by atoms with Crippen molar-refractivity contribution in [3.05, 3.63) is 0 Å². The minimum absolute atomic E-state index is 0.0728. The lowest BCUT2D eigenvalue weighted by Gasteiger charge is -2.26. The number of carbonyl (C=O) groups is 1. The van der Waals surface area contributed by atoms with Gasteiger partial charge in [0.1, 0.15) is 0 Å². The van der Waals surface area contributed by atoms with Crippen LogP contribution < -0.4 is 0 Å². The summed E-state index contributed by atoms with van der Waals surface area (Å²) in [7, 11) is 5.42. The molecule has 5 nitrogen and oxygen atoms in total. The van der Waals surface area contributed by atoms with Crippen LogP contribution in [0.15, 0.2) is 0 Å². The smallest absolute Gasteiger partial charge is 0.308 e. The Kier molecular flexibility index (Phi) is 5.18. The van der Waals surface area contributed by atoms with Crippen molar-refractivity contribution >= 4 is 5.97 Å². The zero-order valence-corrected chi connectivity index (χ0v) is 10.3. The van der Waals surface area contributed by atoms with Crippen LogP contribution in [0.2, 0.25) is 0 Å². The van der Waals surface area contributed by atoms with E-state index in [0.29, 0.717) is 12.6 Å². The monoisotopic (exact) mass is 230 g/mol. The highest BCUT2D eigenvalue weighted by atomic mass is 16.5. The normalized spacial score (nSPS) is 23.7. The Balaban J connectivity index is 2.27. The first-order chi connectivity index (χ1) is 7.52. The van der Waals surface area contributed by atoms with Gasteiger partial charge in [0.2, 0.25) is 0 Å². The summed E-state index contributed by atoms with van der Waals surface area (Å²) in [5.74, 6) is -0.357. The number of aliphatic hydroxyl groups excluding tert-OH is 1. The molecule has 16 heavy (non-hydrogen) atoms. The van der Waals surface area contributed by atoms with Gasteiger partial charge < -0.3 is 14.7 Å². The Morgan fingerprint density at radius 3 is 2.88 bits per heavy atom. The third-order valence-corrected chi connectivity index (χ3v) is 3.12. The number of likely N-dealkylation sites (N-methyl/N-ethyl adjacent to an activating group) is 2. The third kappa shape index (κ3) is 4.08. The molecule has 0 bridgehead atoms. The van der Waals surface area contributed by atoms with Crippen molar-refractivity contribution in [2.75, 3.05) is 40.8 Å². The van der Waals surface area contributed by atoms with Crippen LogP contribution in [0.25, 0.3) is 0 Å². The number of ether oxygens (including phenoxy) is 1. The lowest BCUT2D eigenvalue weighted by molar-refractivity contribution is -0.143. The molecular weight excluding hydrogens is 208 g/mol. The summed E-state index contributed by atoms with van der Waals surface area (Å²) in [6.45, 7) is 2.65. The average molecular weight is 230 g/mol. The number of methoxy groups -OCH3 is 1. The Hall–Kier alpha value is -0.650. The van der Waals surface area contributed by atoms with Gasteiger partial charge in [0.05, 0.1) is 19.6 Å². The topological polar surface area (TPSA) is 53.0 Å². The van der Waals surface area contributed by atoms with E-state index in [-0.39, 0.29) is 12.4 Å². The van der Waals surface area contributed by atoms with Crippen LogP contribution in [0.5, 0.6) is 0 Å². The number of hydrogen-bond acceptors (Lipinski definition) is 5. The molecule has 94 valence electrons. The predicted octanol–water partition coefficient (Wildman–Crippen LogP) is -0.454. The van der Waals surface area contributed by atoms with Crippen LogP contribution in [0.1, 0.15) is 12.8 Å². The second-order valence-corrected chi connectivity index (χ2v) is 4.58. The number of rotatable bonds is 5. The van der Waals surface area contributed by atoms with Crippen LogP contribution in [-0.2, 0) is 9.53 Å². The molecule has 0 aromatic rings. The fourth-order valence-corrected chi connectivity index (χ4v) is 2.09. The van der Waals surface area contributed by atoms with Gasteiger partial charge in [-0.1, -0.05) is 0 Å². The summed E-state index contributed by atoms with van der Waals surface area (Å²) in [6, 6.07) is 0.484. The van der Waals surface area contributed by atoms with Gasteiger partial charge in [0.25, 0.3) is 0 Å². The van der Waals surface area contributed by atoms with E-state index in [4.69, 9.17) is 0 Å². The van der Waals surface area contributed by atoms with Crippen LogP contribution in [0, 0.1) is 0 Å². The minimum Gasteiger partial charge on any atom is -0.469 e. The second kappa shape index (κ2) is 6.18. The van der Waals surface area contributed by atoms with Gasteiger partial charge in [-0.25, -0.2) is 0 Å². The van der Waals surface area contributed by atoms with Crippen molar-refractivity contribution in [3.63, 3.8) is 0 Å². The first kappa shape index (κ1) is 13.4. The van der Waals surface area contributed by atoms with Crippen molar-refractivity contribution in [1.29, 1.82) is 0 Å². The maximum Gasteiger partial charge on any atom is 0.308 e. The standard InChI is InChI=1S/C11H22N2O3/c1-12-5-4-9(7-12)13(2)8-10(14)6-11(15)16-3/h9-10,14H,4-8H2,1-3H3. The van der Waals surface area contributed by atoms with Crippen molar-refractivity contribution in [1.82, 2.24) is 9.80 Å². The minimum atomic E-state index is -0.636. The molecule has 1 fully saturated rings. The van der Waals surface area contributed by atoms with E-state index in [9.17, 15) is 9.90 Å². The molecule has 0 aliphatic carbocycles. The van der Waals surface area contributed by atoms with E-state index >= 15 is 0 Å². The third-order valence-electron chi connectivity index (χ3n) is 3.12. The fourth-order valence-electron chi connectivity index (χ4n) is 2.09. The highest BCUT2D eigenvalue weighted by Gasteiger charge is 2.25. The molecular formula is C11H22N2O3.